The van der Waals surface area contributed by atoms with E-state index >= 15 is 0 Å². The van der Waals surface area contributed by atoms with Gasteiger partial charge in [-0.15, -0.1) is 0 Å². The lowest BCUT2D eigenvalue weighted by atomic mass is 9.94. The Kier molecular flexibility index (Phi) is 4.24. The Hall–Kier alpha value is -2.47. The van der Waals surface area contributed by atoms with Crippen LogP contribution in [0.4, 0.5) is 13.2 Å². The molecule has 0 aromatic heterocycles. The SMILES string of the molecule is Cc1ccccc1-c1cc(Cl)cc2c1O[C@H](C(F)(F)F)C(C(=O)O)=C2. The molecule has 0 aliphatic carbocycles. The molecule has 2 aromatic rings. The Labute approximate surface area is 146 Å². The lowest BCUT2D eigenvalue weighted by molar-refractivity contribution is -0.187. The molecule has 0 saturated heterocycles. The molecule has 0 radical (unpaired) electrons. The first-order valence-corrected chi connectivity index (χ1v) is 7.64. The van der Waals surface area contributed by atoms with Crippen LogP contribution in [0.15, 0.2) is 42.0 Å². The van der Waals surface area contributed by atoms with Gasteiger partial charge in [0.2, 0.25) is 6.10 Å². The third-order valence-corrected chi connectivity index (χ3v) is 4.11. The van der Waals surface area contributed by atoms with Crippen LogP contribution in [0, 0.1) is 6.92 Å². The number of aliphatic carboxylic acids is 1. The number of hydrogen-bond acceptors (Lipinski definition) is 2. The second-order valence-electron chi connectivity index (χ2n) is 5.63. The Balaban J connectivity index is 2.26. The highest BCUT2D eigenvalue weighted by molar-refractivity contribution is 6.31. The molecule has 1 aliphatic rings. The van der Waals surface area contributed by atoms with E-state index < -0.39 is 23.8 Å². The second-order valence-corrected chi connectivity index (χ2v) is 6.07. The molecule has 25 heavy (non-hydrogen) atoms. The first-order valence-electron chi connectivity index (χ1n) is 7.26. The fourth-order valence-electron chi connectivity index (χ4n) is 2.77. The standard InChI is InChI=1S/C18H12ClF3O3/c1-9-4-2-3-5-12(9)13-8-11(19)6-10-7-14(17(23)24)16(18(20,21)22)25-15(10)13/h2-8,16H,1H3,(H,23,24)/t16-/m0/s1. The van der Waals surface area contributed by atoms with Gasteiger partial charge >= 0.3 is 12.1 Å². The number of carbonyl (C=O) groups is 1. The van der Waals surface area contributed by atoms with Crippen molar-refractivity contribution in [1.82, 2.24) is 0 Å². The summed E-state index contributed by atoms with van der Waals surface area (Å²) in [6, 6.07) is 9.99. The predicted octanol–water partition coefficient (Wildman–Crippen LogP) is 5.11. The van der Waals surface area contributed by atoms with Gasteiger partial charge in [0.05, 0.1) is 5.57 Å². The van der Waals surface area contributed by atoms with E-state index in [1.807, 2.05) is 13.0 Å². The summed E-state index contributed by atoms with van der Waals surface area (Å²) in [4.78, 5) is 11.2. The van der Waals surface area contributed by atoms with Crippen LogP contribution in [0.1, 0.15) is 11.1 Å². The normalized spacial score (nSPS) is 16.7. The Morgan fingerprint density at radius 3 is 2.48 bits per heavy atom. The molecule has 3 rings (SSSR count). The topological polar surface area (TPSA) is 46.5 Å². The van der Waals surface area contributed by atoms with Crippen molar-refractivity contribution in [1.29, 1.82) is 0 Å². The number of carboxylic acids is 1. The second kappa shape index (κ2) is 6.11. The molecule has 7 heteroatoms. The number of halogens is 4. The van der Waals surface area contributed by atoms with Gasteiger partial charge < -0.3 is 9.84 Å². The van der Waals surface area contributed by atoms with Crippen molar-refractivity contribution in [3.63, 3.8) is 0 Å². The fourth-order valence-corrected chi connectivity index (χ4v) is 3.00. The highest BCUT2D eigenvalue weighted by atomic mass is 35.5. The van der Waals surface area contributed by atoms with Gasteiger partial charge in [-0.3, -0.25) is 0 Å². The summed E-state index contributed by atoms with van der Waals surface area (Å²) in [5, 5.41) is 9.39. The monoisotopic (exact) mass is 368 g/mol. The van der Waals surface area contributed by atoms with Gasteiger partial charge in [0.1, 0.15) is 5.75 Å². The molecule has 0 bridgehead atoms. The van der Waals surface area contributed by atoms with Crippen LogP contribution >= 0.6 is 11.6 Å². The van der Waals surface area contributed by atoms with Crippen LogP contribution in [0.25, 0.3) is 17.2 Å². The minimum Gasteiger partial charge on any atom is -0.478 e. The van der Waals surface area contributed by atoms with Crippen LogP contribution in [0.2, 0.25) is 5.02 Å². The molecule has 1 atom stereocenters. The Morgan fingerprint density at radius 1 is 1.20 bits per heavy atom. The van der Waals surface area contributed by atoms with E-state index in [-0.39, 0.29) is 16.3 Å². The summed E-state index contributed by atoms with van der Waals surface area (Å²) >= 11 is 6.08. The van der Waals surface area contributed by atoms with Crippen LogP contribution < -0.4 is 4.74 Å². The van der Waals surface area contributed by atoms with Crippen molar-refractivity contribution >= 4 is 23.6 Å². The number of carboxylic acid groups (broad SMARTS) is 1. The number of fused-ring (bicyclic) bond motifs is 1. The zero-order chi connectivity index (χ0) is 18.4. The molecule has 0 unspecified atom stereocenters. The average molecular weight is 369 g/mol. The van der Waals surface area contributed by atoms with E-state index in [1.165, 1.54) is 12.1 Å². The summed E-state index contributed by atoms with van der Waals surface area (Å²) in [6.07, 6.45) is -6.43. The number of benzene rings is 2. The van der Waals surface area contributed by atoms with Crippen LogP contribution in [-0.4, -0.2) is 23.4 Å². The van der Waals surface area contributed by atoms with Crippen molar-refractivity contribution in [2.24, 2.45) is 0 Å². The highest BCUT2D eigenvalue weighted by Crippen LogP contribution is 2.44. The molecule has 0 spiro atoms. The molecule has 0 fully saturated rings. The Morgan fingerprint density at radius 2 is 1.88 bits per heavy atom. The number of hydrogen-bond donors (Lipinski definition) is 1. The fraction of sp³-hybridized carbons (Fsp3) is 0.167. The molecule has 1 heterocycles. The minimum atomic E-state index is -4.86. The first-order chi connectivity index (χ1) is 11.7. The van der Waals surface area contributed by atoms with Crippen LogP contribution in [0.5, 0.6) is 5.75 Å². The average Bonchev–Trinajstić information content (AvgIpc) is 2.52. The van der Waals surface area contributed by atoms with E-state index in [4.69, 9.17) is 21.4 Å². The molecule has 130 valence electrons. The minimum absolute atomic E-state index is 0.0361. The van der Waals surface area contributed by atoms with E-state index in [9.17, 15) is 18.0 Å². The van der Waals surface area contributed by atoms with Crippen molar-refractivity contribution in [3.8, 4) is 16.9 Å². The summed E-state index contributed by atoms with van der Waals surface area (Å²) < 4.78 is 45.0. The van der Waals surface area contributed by atoms with Gasteiger partial charge in [0.25, 0.3) is 0 Å². The maximum Gasteiger partial charge on any atom is 0.430 e. The summed E-state index contributed by atoms with van der Waals surface area (Å²) in [5.41, 5.74) is 1.19. The molecular weight excluding hydrogens is 357 g/mol. The number of aryl methyl sites for hydroxylation is 1. The van der Waals surface area contributed by atoms with Gasteiger partial charge in [-0.05, 0) is 36.3 Å². The largest absolute Gasteiger partial charge is 0.478 e. The molecule has 1 aliphatic heterocycles. The van der Waals surface area contributed by atoms with Gasteiger partial charge in [0.15, 0.2) is 0 Å². The van der Waals surface area contributed by atoms with Crippen LogP contribution in [0.3, 0.4) is 0 Å². The van der Waals surface area contributed by atoms with Gasteiger partial charge in [-0.25, -0.2) is 4.79 Å². The first kappa shape index (κ1) is 17.4. The molecule has 3 nitrogen and oxygen atoms in total. The number of ether oxygens (including phenoxy) is 1. The summed E-state index contributed by atoms with van der Waals surface area (Å²) in [5.74, 6) is -1.73. The van der Waals surface area contributed by atoms with E-state index in [0.29, 0.717) is 11.1 Å². The van der Waals surface area contributed by atoms with Gasteiger partial charge in [-0.2, -0.15) is 13.2 Å². The summed E-state index contributed by atoms with van der Waals surface area (Å²) in [7, 11) is 0. The number of rotatable bonds is 2. The zero-order valence-electron chi connectivity index (χ0n) is 12.9. The highest BCUT2D eigenvalue weighted by Gasteiger charge is 2.48. The summed E-state index contributed by atoms with van der Waals surface area (Å²) in [6.45, 7) is 1.81. The Bertz CT molecular complexity index is 888. The van der Waals surface area contributed by atoms with E-state index in [0.717, 1.165) is 11.6 Å². The maximum absolute atomic E-state index is 13.3. The molecular formula is C18H12ClF3O3. The van der Waals surface area contributed by atoms with Gasteiger partial charge in [-0.1, -0.05) is 35.9 Å². The lowest BCUT2D eigenvalue weighted by Crippen LogP contribution is -2.40. The maximum atomic E-state index is 13.3. The van der Waals surface area contributed by atoms with Gasteiger partial charge in [0, 0.05) is 16.1 Å². The van der Waals surface area contributed by atoms with Crippen molar-refractivity contribution in [2.75, 3.05) is 0 Å². The predicted molar refractivity (Wildman–Crippen MR) is 87.7 cm³/mol. The smallest absolute Gasteiger partial charge is 0.430 e. The lowest BCUT2D eigenvalue weighted by Gasteiger charge is -2.29. The molecule has 2 aromatic carbocycles. The molecule has 1 N–H and O–H groups in total. The quantitative estimate of drug-likeness (QED) is 0.801. The van der Waals surface area contributed by atoms with Crippen molar-refractivity contribution < 1.29 is 27.8 Å². The third-order valence-electron chi connectivity index (χ3n) is 3.89. The van der Waals surface area contributed by atoms with Crippen molar-refractivity contribution in [3.05, 3.63) is 58.1 Å². The number of alkyl halides is 3. The van der Waals surface area contributed by atoms with Crippen LogP contribution in [-0.2, 0) is 4.79 Å². The van der Waals surface area contributed by atoms with Crippen molar-refractivity contribution in [2.45, 2.75) is 19.2 Å². The van der Waals surface area contributed by atoms with E-state index in [1.54, 1.807) is 18.2 Å². The third kappa shape index (κ3) is 3.22. The molecule has 0 amide bonds. The zero-order valence-corrected chi connectivity index (χ0v) is 13.7. The molecule has 0 saturated carbocycles. The van der Waals surface area contributed by atoms with E-state index in [2.05, 4.69) is 0 Å².